The molecule has 0 amide bonds. The molecule has 4 aromatic rings. The van der Waals surface area contributed by atoms with E-state index >= 15 is 0 Å². The second-order valence-corrected chi connectivity index (χ2v) is 6.37. The van der Waals surface area contributed by atoms with Crippen molar-refractivity contribution in [3.8, 4) is 17.1 Å². The zero-order valence-corrected chi connectivity index (χ0v) is 14.0. The molecule has 2 aromatic carbocycles. The van der Waals surface area contributed by atoms with Crippen molar-refractivity contribution < 1.29 is 9.15 Å². The maximum Gasteiger partial charge on any atom is 0.181 e. The van der Waals surface area contributed by atoms with Crippen molar-refractivity contribution in [2.24, 2.45) is 0 Å². The Morgan fingerprint density at radius 1 is 1.17 bits per heavy atom. The SMILES string of the molecule is COc1cc(NCc2ccc3sccc3c2)ccc1-c1cnco1. The summed E-state index contributed by atoms with van der Waals surface area (Å²) < 4.78 is 12.2. The lowest BCUT2D eigenvalue weighted by Gasteiger charge is -2.11. The quantitative estimate of drug-likeness (QED) is 0.546. The van der Waals surface area contributed by atoms with Crippen LogP contribution in [0, 0.1) is 0 Å². The Morgan fingerprint density at radius 2 is 2.12 bits per heavy atom. The summed E-state index contributed by atoms with van der Waals surface area (Å²) in [4.78, 5) is 3.96. The summed E-state index contributed by atoms with van der Waals surface area (Å²) in [6.07, 6.45) is 3.10. The molecule has 0 aliphatic rings. The molecule has 4 rings (SSSR count). The number of hydrogen-bond acceptors (Lipinski definition) is 5. The average molecular weight is 336 g/mol. The number of ether oxygens (including phenoxy) is 1. The largest absolute Gasteiger partial charge is 0.496 e. The third-order valence-electron chi connectivity index (χ3n) is 3.91. The van der Waals surface area contributed by atoms with Crippen molar-refractivity contribution in [2.45, 2.75) is 6.54 Å². The molecule has 0 bridgehead atoms. The normalized spacial score (nSPS) is 10.9. The molecule has 2 aromatic heterocycles. The van der Waals surface area contributed by atoms with Gasteiger partial charge in [0.15, 0.2) is 12.2 Å². The summed E-state index contributed by atoms with van der Waals surface area (Å²) in [5.74, 6) is 1.45. The van der Waals surface area contributed by atoms with Gasteiger partial charge in [0.05, 0.1) is 18.9 Å². The Morgan fingerprint density at radius 3 is 2.96 bits per heavy atom. The minimum Gasteiger partial charge on any atom is -0.496 e. The summed E-state index contributed by atoms with van der Waals surface area (Å²) >= 11 is 1.76. The third kappa shape index (κ3) is 2.86. The first-order chi connectivity index (χ1) is 11.8. The Balaban J connectivity index is 1.54. The fourth-order valence-corrected chi connectivity index (χ4v) is 3.45. The monoisotopic (exact) mass is 336 g/mol. The second-order valence-electron chi connectivity index (χ2n) is 5.43. The highest BCUT2D eigenvalue weighted by molar-refractivity contribution is 7.17. The van der Waals surface area contributed by atoms with Crippen molar-refractivity contribution in [2.75, 3.05) is 12.4 Å². The lowest BCUT2D eigenvalue weighted by molar-refractivity contribution is 0.415. The Labute approximate surface area is 143 Å². The summed E-state index contributed by atoms with van der Waals surface area (Å²) in [6, 6.07) is 14.7. The van der Waals surface area contributed by atoms with Crippen LogP contribution < -0.4 is 10.1 Å². The number of nitrogens with one attached hydrogen (secondary N) is 1. The van der Waals surface area contributed by atoms with Crippen molar-refractivity contribution in [3.05, 3.63) is 66.0 Å². The fourth-order valence-electron chi connectivity index (χ4n) is 2.68. The molecule has 2 heterocycles. The van der Waals surface area contributed by atoms with Crippen molar-refractivity contribution >= 4 is 27.1 Å². The van der Waals surface area contributed by atoms with Crippen molar-refractivity contribution in [1.29, 1.82) is 0 Å². The molecule has 4 nitrogen and oxygen atoms in total. The van der Waals surface area contributed by atoms with Crippen molar-refractivity contribution in [1.82, 2.24) is 4.98 Å². The minimum atomic E-state index is 0.696. The first kappa shape index (κ1) is 14.8. The molecular formula is C19H16N2O2S. The van der Waals surface area contributed by atoms with E-state index in [0.717, 1.165) is 23.5 Å². The fraction of sp³-hybridized carbons (Fsp3) is 0.105. The van der Waals surface area contributed by atoms with Crippen LogP contribution in [0.4, 0.5) is 5.69 Å². The van der Waals surface area contributed by atoms with Gasteiger partial charge < -0.3 is 14.5 Å². The van der Waals surface area contributed by atoms with Gasteiger partial charge in [-0.05, 0) is 46.7 Å². The van der Waals surface area contributed by atoms with Crippen molar-refractivity contribution in [3.63, 3.8) is 0 Å². The highest BCUT2D eigenvalue weighted by atomic mass is 32.1. The van der Waals surface area contributed by atoms with Gasteiger partial charge in [-0.1, -0.05) is 6.07 Å². The number of hydrogen-bond donors (Lipinski definition) is 1. The summed E-state index contributed by atoms with van der Waals surface area (Å²) in [5, 5.41) is 6.85. The van der Waals surface area contributed by atoms with E-state index in [9.17, 15) is 0 Å². The van der Waals surface area contributed by atoms with Gasteiger partial charge >= 0.3 is 0 Å². The molecule has 0 saturated heterocycles. The number of anilines is 1. The predicted octanol–water partition coefficient (Wildman–Crippen LogP) is 5.18. The molecule has 0 radical (unpaired) electrons. The number of rotatable bonds is 5. The van der Waals surface area contributed by atoms with Gasteiger partial charge in [-0.15, -0.1) is 11.3 Å². The van der Waals surface area contributed by atoms with Crippen LogP contribution >= 0.6 is 11.3 Å². The summed E-state index contributed by atoms with van der Waals surface area (Å²) in [5.41, 5.74) is 3.14. The van der Waals surface area contributed by atoms with Crippen LogP contribution in [-0.2, 0) is 6.54 Å². The first-order valence-electron chi connectivity index (χ1n) is 7.60. The zero-order valence-electron chi connectivity index (χ0n) is 13.2. The number of thiophene rings is 1. The number of benzene rings is 2. The third-order valence-corrected chi connectivity index (χ3v) is 4.81. The van der Waals surface area contributed by atoms with E-state index < -0.39 is 0 Å². The highest BCUT2D eigenvalue weighted by Crippen LogP contribution is 2.32. The molecular weight excluding hydrogens is 320 g/mol. The maximum atomic E-state index is 5.48. The molecule has 0 saturated carbocycles. The number of fused-ring (bicyclic) bond motifs is 1. The topological polar surface area (TPSA) is 47.3 Å². The number of aromatic nitrogens is 1. The van der Waals surface area contributed by atoms with Gasteiger partial charge in [0, 0.05) is 23.0 Å². The molecule has 5 heteroatoms. The predicted molar refractivity (Wildman–Crippen MR) is 97.6 cm³/mol. The lowest BCUT2D eigenvalue weighted by atomic mass is 10.1. The van der Waals surface area contributed by atoms with E-state index in [1.165, 1.54) is 22.0 Å². The van der Waals surface area contributed by atoms with E-state index in [4.69, 9.17) is 9.15 Å². The van der Waals surface area contributed by atoms with Crippen LogP contribution in [0.25, 0.3) is 21.4 Å². The molecule has 24 heavy (non-hydrogen) atoms. The standard InChI is InChI=1S/C19H16N2O2S/c1-22-17-9-15(3-4-16(17)18-11-20-12-23-18)21-10-13-2-5-19-14(8-13)6-7-24-19/h2-9,11-12,21H,10H2,1H3. The van der Waals surface area contributed by atoms with Gasteiger partial charge in [-0.2, -0.15) is 0 Å². The minimum absolute atomic E-state index is 0.696. The van der Waals surface area contributed by atoms with E-state index in [1.807, 2.05) is 18.2 Å². The smallest absolute Gasteiger partial charge is 0.181 e. The van der Waals surface area contributed by atoms with E-state index in [0.29, 0.717) is 5.76 Å². The summed E-state index contributed by atoms with van der Waals surface area (Å²) in [6.45, 7) is 0.761. The van der Waals surface area contributed by atoms with Crippen LogP contribution in [-0.4, -0.2) is 12.1 Å². The molecule has 0 unspecified atom stereocenters. The molecule has 0 aliphatic heterocycles. The summed E-state index contributed by atoms with van der Waals surface area (Å²) in [7, 11) is 1.66. The first-order valence-corrected chi connectivity index (χ1v) is 8.48. The van der Waals surface area contributed by atoms with E-state index in [2.05, 4.69) is 39.9 Å². The number of methoxy groups -OCH3 is 1. The number of oxazole rings is 1. The zero-order chi connectivity index (χ0) is 16.4. The average Bonchev–Trinajstić information content (AvgIpc) is 3.30. The lowest BCUT2D eigenvalue weighted by Crippen LogP contribution is -2.00. The molecule has 0 fully saturated rings. The Bertz CT molecular complexity index is 961. The van der Waals surface area contributed by atoms with Gasteiger partial charge in [0.2, 0.25) is 0 Å². The molecule has 120 valence electrons. The highest BCUT2D eigenvalue weighted by Gasteiger charge is 2.10. The van der Waals surface area contributed by atoms with E-state index in [1.54, 1.807) is 24.6 Å². The van der Waals surface area contributed by atoms with Gasteiger partial charge in [0.25, 0.3) is 0 Å². The van der Waals surface area contributed by atoms with Crippen LogP contribution in [0.5, 0.6) is 5.75 Å². The van der Waals surface area contributed by atoms with Crippen LogP contribution in [0.1, 0.15) is 5.56 Å². The van der Waals surface area contributed by atoms with Crippen LogP contribution in [0.15, 0.2) is 64.9 Å². The molecule has 0 atom stereocenters. The van der Waals surface area contributed by atoms with Gasteiger partial charge in [0.1, 0.15) is 5.75 Å². The number of nitrogens with zero attached hydrogens (tertiary/aromatic N) is 1. The van der Waals surface area contributed by atoms with Gasteiger partial charge in [-0.25, -0.2) is 4.98 Å². The molecule has 1 N–H and O–H groups in total. The van der Waals surface area contributed by atoms with Crippen LogP contribution in [0.3, 0.4) is 0 Å². The van der Waals surface area contributed by atoms with Gasteiger partial charge in [-0.3, -0.25) is 0 Å². The maximum absolute atomic E-state index is 5.48. The molecule has 0 aliphatic carbocycles. The Kier molecular flexibility index (Phi) is 3.92. The van der Waals surface area contributed by atoms with E-state index in [-0.39, 0.29) is 0 Å². The Hall–Kier alpha value is -2.79. The van der Waals surface area contributed by atoms with Crippen LogP contribution in [0.2, 0.25) is 0 Å². The molecule has 0 spiro atoms. The second kappa shape index (κ2) is 6.37.